The third-order valence-electron chi connectivity index (χ3n) is 4.81. The summed E-state index contributed by atoms with van der Waals surface area (Å²) in [5, 5.41) is 3.11. The number of hydrogen-bond donors (Lipinski definition) is 1. The maximum atomic E-state index is 12.8. The number of anilines is 1. The Balaban J connectivity index is 1.70. The lowest BCUT2D eigenvalue weighted by Crippen LogP contribution is -2.29. The Kier molecular flexibility index (Phi) is 6.95. The van der Waals surface area contributed by atoms with E-state index in [0.717, 1.165) is 12.8 Å². The molecule has 30 heavy (non-hydrogen) atoms. The first-order valence-electron chi connectivity index (χ1n) is 9.59. The van der Waals surface area contributed by atoms with Crippen LogP contribution in [0.3, 0.4) is 0 Å². The minimum absolute atomic E-state index is 0.103. The molecule has 0 spiro atoms. The molecule has 158 valence electrons. The van der Waals surface area contributed by atoms with Crippen LogP contribution in [-0.4, -0.2) is 49.3 Å². The third kappa shape index (κ3) is 5.10. The van der Waals surface area contributed by atoms with E-state index in [2.05, 4.69) is 5.32 Å². The molecule has 2 amide bonds. The van der Waals surface area contributed by atoms with E-state index in [1.807, 2.05) is 0 Å². The molecule has 7 nitrogen and oxygen atoms in total. The number of nitrogens with one attached hydrogen (secondary N) is 1. The van der Waals surface area contributed by atoms with Gasteiger partial charge in [-0.15, -0.1) is 0 Å². The summed E-state index contributed by atoms with van der Waals surface area (Å²) in [6, 6.07) is 9.51. The summed E-state index contributed by atoms with van der Waals surface area (Å²) < 4.78 is 10.8. The van der Waals surface area contributed by atoms with Crippen molar-refractivity contribution < 1.29 is 23.9 Å². The van der Waals surface area contributed by atoms with Crippen LogP contribution in [0, 0.1) is 0 Å². The summed E-state index contributed by atoms with van der Waals surface area (Å²) in [5.41, 5.74) is 1.21. The van der Waals surface area contributed by atoms with Gasteiger partial charge >= 0.3 is 0 Å². The minimum atomic E-state index is -0.453. The van der Waals surface area contributed by atoms with E-state index < -0.39 is 5.91 Å². The van der Waals surface area contributed by atoms with Crippen molar-refractivity contribution >= 4 is 34.9 Å². The maximum absolute atomic E-state index is 12.8. The van der Waals surface area contributed by atoms with Crippen LogP contribution in [0.5, 0.6) is 11.5 Å². The number of benzene rings is 2. The van der Waals surface area contributed by atoms with Crippen molar-refractivity contribution in [3.05, 3.63) is 52.5 Å². The van der Waals surface area contributed by atoms with Crippen LogP contribution in [0.1, 0.15) is 40.5 Å². The standard InChI is InChI=1S/C22H23ClN2O5/c1-14(26)15-5-8-19(20(11-15)29-2)30-13-21(27)24-18-12-16(23)6-7-17(18)22(28)25-9-3-4-10-25/h5-8,11-12H,3-4,9-10,13H2,1-2H3,(H,24,27). The summed E-state index contributed by atoms with van der Waals surface area (Å²) in [4.78, 5) is 38.5. The second kappa shape index (κ2) is 9.63. The quantitative estimate of drug-likeness (QED) is 0.675. The molecule has 1 aliphatic rings. The van der Waals surface area contributed by atoms with E-state index in [4.69, 9.17) is 21.1 Å². The second-order valence-electron chi connectivity index (χ2n) is 6.95. The van der Waals surface area contributed by atoms with Gasteiger partial charge in [-0.25, -0.2) is 0 Å². The van der Waals surface area contributed by atoms with Gasteiger partial charge in [-0.05, 0) is 56.2 Å². The van der Waals surface area contributed by atoms with Crippen molar-refractivity contribution in [3.8, 4) is 11.5 Å². The predicted molar refractivity (Wildman–Crippen MR) is 114 cm³/mol. The molecule has 1 heterocycles. The number of ether oxygens (including phenoxy) is 2. The van der Waals surface area contributed by atoms with Crippen molar-refractivity contribution in [2.75, 3.05) is 32.1 Å². The Morgan fingerprint density at radius 3 is 2.47 bits per heavy atom. The lowest BCUT2D eigenvalue weighted by molar-refractivity contribution is -0.118. The summed E-state index contributed by atoms with van der Waals surface area (Å²) in [6.07, 6.45) is 1.94. The first kappa shape index (κ1) is 21.6. The van der Waals surface area contributed by atoms with Crippen LogP contribution in [0.2, 0.25) is 5.02 Å². The minimum Gasteiger partial charge on any atom is -0.493 e. The molecule has 0 unspecified atom stereocenters. The number of nitrogens with zero attached hydrogens (tertiary/aromatic N) is 1. The topological polar surface area (TPSA) is 84.9 Å². The number of halogens is 1. The lowest BCUT2D eigenvalue weighted by atomic mass is 10.1. The fraction of sp³-hybridized carbons (Fsp3) is 0.318. The molecule has 2 aromatic rings. The highest BCUT2D eigenvalue weighted by molar-refractivity contribution is 6.31. The third-order valence-corrected chi connectivity index (χ3v) is 5.04. The van der Waals surface area contributed by atoms with Gasteiger partial charge in [0.1, 0.15) is 0 Å². The van der Waals surface area contributed by atoms with Gasteiger partial charge in [0.2, 0.25) is 0 Å². The van der Waals surface area contributed by atoms with Crippen molar-refractivity contribution in [2.24, 2.45) is 0 Å². The average molecular weight is 431 g/mol. The predicted octanol–water partition coefficient (Wildman–Crippen LogP) is 3.80. The monoisotopic (exact) mass is 430 g/mol. The maximum Gasteiger partial charge on any atom is 0.262 e. The summed E-state index contributed by atoms with van der Waals surface area (Å²) in [5.74, 6) is -0.0127. The molecular weight excluding hydrogens is 408 g/mol. The largest absolute Gasteiger partial charge is 0.493 e. The number of amides is 2. The molecule has 1 aliphatic heterocycles. The normalized spacial score (nSPS) is 13.1. The zero-order valence-electron chi connectivity index (χ0n) is 16.9. The molecule has 0 saturated carbocycles. The van der Waals surface area contributed by atoms with Crippen LogP contribution in [0.4, 0.5) is 5.69 Å². The van der Waals surface area contributed by atoms with Crippen LogP contribution in [0.25, 0.3) is 0 Å². The molecule has 3 rings (SSSR count). The molecule has 0 bridgehead atoms. The number of methoxy groups -OCH3 is 1. The van der Waals surface area contributed by atoms with E-state index in [1.54, 1.807) is 41.3 Å². The number of Topliss-reactive ketones (excluding diaryl/α,β-unsaturated/α-hetero) is 1. The smallest absolute Gasteiger partial charge is 0.262 e. The Hall–Kier alpha value is -3.06. The summed E-state index contributed by atoms with van der Waals surface area (Å²) in [7, 11) is 1.45. The molecule has 0 aliphatic carbocycles. The van der Waals surface area contributed by atoms with E-state index in [1.165, 1.54) is 14.0 Å². The molecule has 0 radical (unpaired) electrons. The summed E-state index contributed by atoms with van der Waals surface area (Å²) >= 11 is 6.07. The van der Waals surface area contributed by atoms with Gasteiger partial charge < -0.3 is 19.7 Å². The van der Waals surface area contributed by atoms with Crippen LogP contribution < -0.4 is 14.8 Å². The first-order valence-corrected chi connectivity index (χ1v) is 9.97. The molecule has 8 heteroatoms. The van der Waals surface area contributed by atoms with E-state index in [0.29, 0.717) is 46.4 Å². The van der Waals surface area contributed by atoms with Crippen molar-refractivity contribution in [1.29, 1.82) is 0 Å². The molecular formula is C22H23ClN2O5. The SMILES string of the molecule is COc1cc(C(C)=O)ccc1OCC(=O)Nc1cc(Cl)ccc1C(=O)N1CCCC1. The van der Waals surface area contributed by atoms with Crippen molar-refractivity contribution in [1.82, 2.24) is 4.90 Å². The van der Waals surface area contributed by atoms with E-state index >= 15 is 0 Å². The second-order valence-corrected chi connectivity index (χ2v) is 7.38. The fourth-order valence-electron chi connectivity index (χ4n) is 3.23. The van der Waals surface area contributed by atoms with Crippen LogP contribution in [-0.2, 0) is 4.79 Å². The zero-order valence-corrected chi connectivity index (χ0v) is 17.6. The number of likely N-dealkylation sites (tertiary alicyclic amines) is 1. The Morgan fingerprint density at radius 1 is 1.07 bits per heavy atom. The fourth-order valence-corrected chi connectivity index (χ4v) is 3.40. The average Bonchev–Trinajstić information content (AvgIpc) is 3.26. The van der Waals surface area contributed by atoms with Gasteiger partial charge in [-0.2, -0.15) is 0 Å². The molecule has 1 fully saturated rings. The summed E-state index contributed by atoms with van der Waals surface area (Å²) in [6.45, 7) is 2.55. The zero-order chi connectivity index (χ0) is 21.7. The Labute approximate surface area is 179 Å². The number of hydrogen-bond acceptors (Lipinski definition) is 5. The highest BCUT2D eigenvalue weighted by atomic mass is 35.5. The van der Waals surface area contributed by atoms with Gasteiger partial charge in [-0.3, -0.25) is 14.4 Å². The number of rotatable bonds is 7. The van der Waals surface area contributed by atoms with Gasteiger partial charge in [0, 0.05) is 23.7 Å². The van der Waals surface area contributed by atoms with Crippen LogP contribution >= 0.6 is 11.6 Å². The van der Waals surface area contributed by atoms with Crippen molar-refractivity contribution in [2.45, 2.75) is 19.8 Å². The van der Waals surface area contributed by atoms with Crippen molar-refractivity contribution in [3.63, 3.8) is 0 Å². The highest BCUT2D eigenvalue weighted by Crippen LogP contribution is 2.29. The number of carbonyl (C=O) groups excluding carboxylic acids is 3. The molecule has 0 aromatic heterocycles. The Morgan fingerprint density at radius 2 is 1.80 bits per heavy atom. The van der Waals surface area contributed by atoms with Crippen LogP contribution in [0.15, 0.2) is 36.4 Å². The van der Waals surface area contributed by atoms with Gasteiger partial charge in [0.05, 0.1) is 18.4 Å². The molecule has 1 N–H and O–H groups in total. The first-order chi connectivity index (χ1) is 14.4. The molecule has 0 atom stereocenters. The molecule has 1 saturated heterocycles. The van der Waals surface area contributed by atoms with Gasteiger partial charge in [0.15, 0.2) is 23.9 Å². The van der Waals surface area contributed by atoms with Gasteiger partial charge in [-0.1, -0.05) is 11.6 Å². The Bertz CT molecular complexity index is 970. The highest BCUT2D eigenvalue weighted by Gasteiger charge is 2.23. The van der Waals surface area contributed by atoms with Gasteiger partial charge in [0.25, 0.3) is 11.8 Å². The van der Waals surface area contributed by atoms with E-state index in [-0.39, 0.29) is 18.3 Å². The molecule has 2 aromatic carbocycles. The number of ketones is 1. The number of carbonyl (C=O) groups is 3. The van der Waals surface area contributed by atoms with E-state index in [9.17, 15) is 14.4 Å². The lowest BCUT2D eigenvalue weighted by Gasteiger charge is -2.18.